The Kier molecular flexibility index (Phi) is 6.22. The molecule has 3 rings (SSSR count). The number of nitrogens with one attached hydrogen (secondary N) is 2. The van der Waals surface area contributed by atoms with E-state index in [0.29, 0.717) is 22.8 Å². The normalized spacial score (nSPS) is 10.3. The van der Waals surface area contributed by atoms with Crippen LogP contribution < -0.4 is 10.6 Å². The zero-order chi connectivity index (χ0) is 19.1. The number of nitrogens with zero attached hydrogens (tertiary/aromatic N) is 1. The zero-order valence-corrected chi connectivity index (χ0v) is 15.6. The van der Waals surface area contributed by atoms with Gasteiger partial charge in [-0.05, 0) is 42.0 Å². The highest BCUT2D eigenvalue weighted by molar-refractivity contribution is 7.99. The number of hydrogen-bond donors (Lipinski definition) is 2. The molecule has 3 aromatic rings. The summed E-state index contributed by atoms with van der Waals surface area (Å²) in [4.78, 5) is 29.2. The summed E-state index contributed by atoms with van der Waals surface area (Å²) in [5.74, 6) is -0.319. The molecule has 0 saturated heterocycles. The second kappa shape index (κ2) is 9.00. The molecule has 1 aromatic heterocycles. The maximum Gasteiger partial charge on any atom is 0.254 e. The van der Waals surface area contributed by atoms with Gasteiger partial charge in [-0.25, -0.2) is 4.98 Å². The highest BCUT2D eigenvalue weighted by Crippen LogP contribution is 2.28. The van der Waals surface area contributed by atoms with Crippen LogP contribution in [0, 0.1) is 0 Å². The van der Waals surface area contributed by atoms with Gasteiger partial charge in [-0.3, -0.25) is 9.59 Å². The summed E-state index contributed by atoms with van der Waals surface area (Å²) < 4.78 is 0. The summed E-state index contributed by atoms with van der Waals surface area (Å²) >= 11 is 1.45. The molecule has 0 aliphatic rings. The molecule has 2 N–H and O–H groups in total. The summed E-state index contributed by atoms with van der Waals surface area (Å²) in [5, 5.41) is 6.31. The van der Waals surface area contributed by atoms with Crippen LogP contribution in [0.3, 0.4) is 0 Å². The first-order valence-corrected chi connectivity index (χ1v) is 9.26. The van der Waals surface area contributed by atoms with Gasteiger partial charge >= 0.3 is 0 Å². The lowest BCUT2D eigenvalue weighted by Crippen LogP contribution is -2.23. The molecule has 5 nitrogen and oxygen atoms in total. The first kappa shape index (κ1) is 18.7. The SMILES string of the molecule is CC(=O)Nc1cccc(CNC(=O)c2cccnc2Sc2ccccc2)c1. The molecule has 136 valence electrons. The summed E-state index contributed by atoms with van der Waals surface area (Å²) in [6, 6.07) is 20.7. The molecule has 0 bridgehead atoms. The number of carbonyl (C=O) groups excluding carboxylic acids is 2. The Hall–Kier alpha value is -3.12. The van der Waals surface area contributed by atoms with Crippen molar-refractivity contribution in [3.63, 3.8) is 0 Å². The Morgan fingerprint density at radius 3 is 2.59 bits per heavy atom. The minimum absolute atomic E-state index is 0.130. The van der Waals surface area contributed by atoms with E-state index < -0.39 is 0 Å². The topological polar surface area (TPSA) is 71.1 Å². The molecule has 0 aliphatic heterocycles. The van der Waals surface area contributed by atoms with Crippen LogP contribution in [0.25, 0.3) is 0 Å². The van der Waals surface area contributed by atoms with Crippen molar-refractivity contribution in [2.75, 3.05) is 5.32 Å². The minimum atomic E-state index is -0.188. The molecule has 0 radical (unpaired) electrons. The average Bonchev–Trinajstić information content (AvgIpc) is 2.67. The average molecular weight is 377 g/mol. The van der Waals surface area contributed by atoms with Crippen LogP contribution in [-0.2, 0) is 11.3 Å². The highest BCUT2D eigenvalue weighted by Gasteiger charge is 2.13. The molecule has 0 spiro atoms. The second-order valence-electron chi connectivity index (χ2n) is 5.84. The van der Waals surface area contributed by atoms with Gasteiger partial charge in [0, 0.05) is 30.2 Å². The van der Waals surface area contributed by atoms with Gasteiger partial charge in [-0.15, -0.1) is 0 Å². The van der Waals surface area contributed by atoms with E-state index >= 15 is 0 Å². The van der Waals surface area contributed by atoms with Crippen LogP contribution >= 0.6 is 11.8 Å². The Morgan fingerprint density at radius 1 is 1.00 bits per heavy atom. The van der Waals surface area contributed by atoms with Gasteiger partial charge in [0.15, 0.2) is 0 Å². The maximum atomic E-state index is 12.7. The molecule has 0 unspecified atom stereocenters. The van der Waals surface area contributed by atoms with Gasteiger partial charge in [0.25, 0.3) is 5.91 Å². The Morgan fingerprint density at radius 2 is 1.81 bits per heavy atom. The van der Waals surface area contributed by atoms with Crippen LogP contribution in [0.1, 0.15) is 22.8 Å². The van der Waals surface area contributed by atoms with E-state index in [1.54, 1.807) is 18.3 Å². The highest BCUT2D eigenvalue weighted by atomic mass is 32.2. The quantitative estimate of drug-likeness (QED) is 0.678. The third-order valence-corrected chi connectivity index (χ3v) is 4.70. The van der Waals surface area contributed by atoms with Crippen molar-refractivity contribution >= 4 is 29.3 Å². The molecule has 2 amide bonds. The van der Waals surface area contributed by atoms with Crippen molar-refractivity contribution < 1.29 is 9.59 Å². The van der Waals surface area contributed by atoms with Crippen molar-refractivity contribution in [1.29, 1.82) is 0 Å². The second-order valence-corrected chi connectivity index (χ2v) is 6.90. The van der Waals surface area contributed by atoms with Crippen LogP contribution in [0.2, 0.25) is 0 Å². The van der Waals surface area contributed by atoms with Crippen molar-refractivity contribution in [1.82, 2.24) is 10.3 Å². The summed E-state index contributed by atoms with van der Waals surface area (Å²) in [6.07, 6.45) is 1.68. The number of carbonyl (C=O) groups is 2. The van der Waals surface area contributed by atoms with Crippen molar-refractivity contribution in [3.05, 3.63) is 84.1 Å². The molecule has 1 heterocycles. The van der Waals surface area contributed by atoms with Crippen LogP contribution in [-0.4, -0.2) is 16.8 Å². The number of amides is 2. The van der Waals surface area contributed by atoms with Gasteiger partial charge in [0.2, 0.25) is 5.91 Å². The lowest BCUT2D eigenvalue weighted by molar-refractivity contribution is -0.114. The van der Waals surface area contributed by atoms with E-state index in [9.17, 15) is 9.59 Å². The van der Waals surface area contributed by atoms with E-state index in [2.05, 4.69) is 15.6 Å². The number of aromatic nitrogens is 1. The third-order valence-electron chi connectivity index (χ3n) is 3.67. The fraction of sp³-hybridized carbons (Fsp3) is 0.0952. The molecular weight excluding hydrogens is 358 g/mol. The van der Waals surface area contributed by atoms with Gasteiger partial charge in [0.05, 0.1) is 5.56 Å². The predicted molar refractivity (Wildman–Crippen MR) is 107 cm³/mol. The van der Waals surface area contributed by atoms with E-state index in [0.717, 1.165) is 10.5 Å². The summed E-state index contributed by atoms with van der Waals surface area (Å²) in [7, 11) is 0. The zero-order valence-electron chi connectivity index (χ0n) is 14.8. The molecular formula is C21H19N3O2S. The lowest BCUT2D eigenvalue weighted by Gasteiger charge is -2.10. The van der Waals surface area contributed by atoms with Gasteiger partial charge < -0.3 is 10.6 Å². The molecule has 0 aliphatic carbocycles. The van der Waals surface area contributed by atoms with Crippen LogP contribution in [0.4, 0.5) is 5.69 Å². The first-order chi connectivity index (χ1) is 13.1. The Bertz CT molecular complexity index is 945. The smallest absolute Gasteiger partial charge is 0.254 e. The predicted octanol–water partition coefficient (Wildman–Crippen LogP) is 4.12. The van der Waals surface area contributed by atoms with Crippen LogP contribution in [0.5, 0.6) is 0 Å². The molecule has 0 atom stereocenters. The number of benzene rings is 2. The van der Waals surface area contributed by atoms with Crippen molar-refractivity contribution in [2.45, 2.75) is 23.4 Å². The molecule has 6 heteroatoms. The maximum absolute atomic E-state index is 12.7. The Balaban J connectivity index is 1.69. The van der Waals surface area contributed by atoms with Crippen LogP contribution in [0.15, 0.2) is 82.8 Å². The molecule has 2 aromatic carbocycles. The monoisotopic (exact) mass is 377 g/mol. The van der Waals surface area contributed by atoms with E-state index in [-0.39, 0.29) is 11.8 Å². The lowest BCUT2D eigenvalue weighted by atomic mass is 10.2. The third kappa shape index (κ3) is 5.43. The molecule has 0 saturated carbocycles. The minimum Gasteiger partial charge on any atom is -0.348 e. The number of rotatable bonds is 6. The number of hydrogen-bond acceptors (Lipinski definition) is 4. The molecule has 0 fully saturated rings. The summed E-state index contributed by atoms with van der Waals surface area (Å²) in [6.45, 7) is 1.82. The van der Waals surface area contributed by atoms with E-state index in [1.165, 1.54) is 18.7 Å². The standard InChI is InChI=1S/C21H19N3O2S/c1-15(25)24-17-8-5-7-16(13-17)14-23-20(26)19-11-6-12-22-21(19)27-18-9-3-2-4-10-18/h2-13H,14H2,1H3,(H,23,26)(H,24,25). The van der Waals surface area contributed by atoms with Gasteiger partial charge in [0.1, 0.15) is 5.03 Å². The van der Waals surface area contributed by atoms with Gasteiger partial charge in [-0.1, -0.05) is 42.1 Å². The van der Waals surface area contributed by atoms with E-state index in [4.69, 9.17) is 0 Å². The Labute approximate surface area is 162 Å². The number of anilines is 1. The fourth-order valence-corrected chi connectivity index (χ4v) is 3.39. The van der Waals surface area contributed by atoms with Crippen molar-refractivity contribution in [2.24, 2.45) is 0 Å². The molecule has 27 heavy (non-hydrogen) atoms. The van der Waals surface area contributed by atoms with Crippen molar-refractivity contribution in [3.8, 4) is 0 Å². The largest absolute Gasteiger partial charge is 0.348 e. The number of pyridine rings is 1. The first-order valence-electron chi connectivity index (χ1n) is 8.44. The summed E-state index contributed by atoms with van der Waals surface area (Å²) in [5.41, 5.74) is 2.14. The van der Waals surface area contributed by atoms with E-state index in [1.807, 2.05) is 54.6 Å². The van der Waals surface area contributed by atoms with Gasteiger partial charge in [-0.2, -0.15) is 0 Å². The fourth-order valence-electron chi connectivity index (χ4n) is 2.49.